The van der Waals surface area contributed by atoms with Gasteiger partial charge < -0.3 is 41.5 Å². The maximum absolute atomic E-state index is 13.7. The molecule has 0 saturated heterocycles. The number of hydrogen-bond donors (Lipinski definition) is 8. The lowest BCUT2D eigenvalue weighted by atomic mass is 9.53. The van der Waals surface area contributed by atoms with Gasteiger partial charge in [-0.25, -0.2) is 0 Å². The van der Waals surface area contributed by atoms with E-state index in [1.807, 2.05) is 0 Å². The van der Waals surface area contributed by atoms with E-state index in [-0.39, 0.29) is 23.5 Å². The Bertz CT molecular complexity index is 1190. The van der Waals surface area contributed by atoms with E-state index in [1.54, 1.807) is 0 Å². The second-order valence-electron chi connectivity index (χ2n) is 9.06. The SMILES string of the molecule is CN(C)[C@@H]1C(=O)C(C(N)=O)=C(O)[C@@]2(O)C(=O)C3=C(O)c4c(O)cccc4[C@@](C)(O)[C@H]3[C@H](O)[C@@H]12.CO.Cl. The van der Waals surface area contributed by atoms with Gasteiger partial charge in [0.25, 0.3) is 5.91 Å². The molecule has 4 rings (SSSR count). The number of aliphatic hydroxyl groups is 6. The monoisotopic (exact) mass is 528 g/mol. The third-order valence-corrected chi connectivity index (χ3v) is 7.03. The lowest BCUT2D eigenvalue weighted by molar-refractivity contribution is -0.181. The molecule has 0 spiro atoms. The number of amides is 1. The molecule has 0 bridgehead atoms. The lowest BCUT2D eigenvalue weighted by Crippen LogP contribution is -2.71. The minimum atomic E-state index is -3.02. The summed E-state index contributed by atoms with van der Waals surface area (Å²) in [4.78, 5) is 39.9. The molecule has 6 atom stereocenters. The highest BCUT2D eigenvalue weighted by Gasteiger charge is 2.70. The van der Waals surface area contributed by atoms with E-state index < -0.39 is 81.1 Å². The van der Waals surface area contributed by atoms with Crippen LogP contribution in [0.25, 0.3) is 5.76 Å². The summed E-state index contributed by atoms with van der Waals surface area (Å²) >= 11 is 0. The summed E-state index contributed by atoms with van der Waals surface area (Å²) in [6.45, 7) is 1.25. The predicted molar refractivity (Wildman–Crippen MR) is 127 cm³/mol. The van der Waals surface area contributed by atoms with E-state index in [9.17, 15) is 45.0 Å². The third-order valence-electron chi connectivity index (χ3n) is 7.03. The number of Topliss-reactive ketones (excluding diaryl/α,β-unsaturated/α-hetero) is 2. The van der Waals surface area contributed by atoms with Crippen LogP contribution in [-0.4, -0.2) is 97.1 Å². The topological polar surface area (TPSA) is 222 Å². The molecule has 1 aromatic carbocycles. The van der Waals surface area contributed by atoms with Crippen molar-refractivity contribution in [3.8, 4) is 5.75 Å². The minimum absolute atomic E-state index is 0. The number of halogens is 1. The summed E-state index contributed by atoms with van der Waals surface area (Å²) in [5.74, 6) is -9.67. The molecule has 0 radical (unpaired) electrons. The molecule has 1 fully saturated rings. The van der Waals surface area contributed by atoms with Gasteiger partial charge >= 0.3 is 0 Å². The van der Waals surface area contributed by atoms with Crippen LogP contribution < -0.4 is 5.73 Å². The molecule has 0 aromatic heterocycles. The Balaban J connectivity index is 0.00000148. The van der Waals surface area contributed by atoms with Gasteiger partial charge in [-0.15, -0.1) is 12.4 Å². The number of carbonyl (C=O) groups excluding carboxylic acids is 3. The average Bonchev–Trinajstić information content (AvgIpc) is 2.77. The van der Waals surface area contributed by atoms with Gasteiger partial charge in [0, 0.05) is 7.11 Å². The smallest absolute Gasteiger partial charge is 0.255 e. The fourth-order valence-corrected chi connectivity index (χ4v) is 5.60. The zero-order chi connectivity index (χ0) is 26.8. The molecule has 12 nitrogen and oxygen atoms in total. The number of fused-ring (bicyclic) bond motifs is 3. The normalized spacial score (nSPS) is 33.1. The quantitative estimate of drug-likeness (QED) is 0.209. The standard InChI is InChI=1S/C22H24N2O9.CH4O.ClH/c1-21(32)7-5-4-6-8(25)9(7)15(26)10-12(21)17(28)13-14(24(2)3)16(27)11(20(23)31)19(30)22(13,33)18(10)29;1-2;/h4-6,12-14,17,25-26,28,30,32-33H,1-3H3,(H2,23,31);2H,1H3;1H/t12-,13-,14+,17+,21-,22+;;/m1../s1. The zero-order valence-electron chi connectivity index (χ0n) is 19.8. The number of nitrogens with two attached hydrogens (primary N) is 1. The van der Waals surface area contributed by atoms with Gasteiger partial charge in [-0.05, 0) is 32.6 Å². The number of rotatable bonds is 2. The molecule has 1 saturated carbocycles. The zero-order valence-corrected chi connectivity index (χ0v) is 20.6. The molecule has 36 heavy (non-hydrogen) atoms. The number of aromatic hydroxyl groups is 1. The van der Waals surface area contributed by atoms with Gasteiger partial charge in [0.05, 0.1) is 40.7 Å². The van der Waals surface area contributed by atoms with Crippen LogP contribution in [0.15, 0.2) is 35.1 Å². The lowest BCUT2D eigenvalue weighted by Gasteiger charge is -2.55. The Labute approximate surface area is 212 Å². The Hall–Kier alpha value is -3.00. The first-order valence-electron chi connectivity index (χ1n) is 10.5. The number of hydrogen-bond acceptors (Lipinski definition) is 11. The molecule has 3 aliphatic rings. The second kappa shape index (κ2) is 9.47. The molecule has 13 heteroatoms. The molecule has 3 aliphatic carbocycles. The highest BCUT2D eigenvalue weighted by Crippen LogP contribution is 2.57. The van der Waals surface area contributed by atoms with Gasteiger partial charge in [0.15, 0.2) is 11.4 Å². The van der Waals surface area contributed by atoms with E-state index in [2.05, 4.69) is 0 Å². The number of benzene rings is 1. The maximum atomic E-state index is 13.7. The van der Waals surface area contributed by atoms with Crippen LogP contribution >= 0.6 is 12.4 Å². The number of ketones is 2. The van der Waals surface area contributed by atoms with Crippen LogP contribution in [0, 0.1) is 11.8 Å². The van der Waals surface area contributed by atoms with Crippen LogP contribution in [0.4, 0.5) is 0 Å². The molecule has 9 N–H and O–H groups in total. The molecule has 198 valence electrons. The maximum Gasteiger partial charge on any atom is 0.255 e. The van der Waals surface area contributed by atoms with Crippen molar-refractivity contribution in [2.24, 2.45) is 17.6 Å². The van der Waals surface area contributed by atoms with E-state index in [1.165, 1.54) is 44.1 Å². The van der Waals surface area contributed by atoms with Crippen molar-refractivity contribution in [3.05, 3.63) is 46.2 Å². The highest BCUT2D eigenvalue weighted by atomic mass is 35.5. The minimum Gasteiger partial charge on any atom is -0.508 e. The molecule has 1 aromatic rings. The Morgan fingerprint density at radius 1 is 1.08 bits per heavy atom. The Kier molecular flexibility index (Phi) is 7.69. The summed E-state index contributed by atoms with van der Waals surface area (Å²) in [7, 11) is 3.80. The fourth-order valence-electron chi connectivity index (χ4n) is 5.60. The summed E-state index contributed by atoms with van der Waals surface area (Å²) in [5.41, 5.74) is -1.78. The number of primary amides is 1. The van der Waals surface area contributed by atoms with E-state index in [0.717, 1.165) is 7.11 Å². The van der Waals surface area contributed by atoms with Crippen LogP contribution in [0.1, 0.15) is 18.1 Å². The Morgan fingerprint density at radius 2 is 1.64 bits per heavy atom. The number of carbonyl (C=O) groups is 3. The van der Waals surface area contributed by atoms with Crippen LogP contribution in [-0.2, 0) is 20.0 Å². The van der Waals surface area contributed by atoms with E-state index in [4.69, 9.17) is 10.8 Å². The largest absolute Gasteiger partial charge is 0.508 e. The van der Waals surface area contributed by atoms with Crippen molar-refractivity contribution in [2.75, 3.05) is 21.2 Å². The van der Waals surface area contributed by atoms with E-state index in [0.29, 0.717) is 0 Å². The van der Waals surface area contributed by atoms with Crippen molar-refractivity contribution in [1.29, 1.82) is 0 Å². The van der Waals surface area contributed by atoms with Gasteiger partial charge in [0.1, 0.15) is 22.8 Å². The summed E-state index contributed by atoms with van der Waals surface area (Å²) in [5, 5.41) is 73.3. The first-order chi connectivity index (χ1) is 16.2. The van der Waals surface area contributed by atoms with Crippen molar-refractivity contribution < 1.29 is 50.1 Å². The average molecular weight is 529 g/mol. The summed E-state index contributed by atoms with van der Waals surface area (Å²) < 4.78 is 0. The van der Waals surface area contributed by atoms with Crippen LogP contribution in [0.2, 0.25) is 0 Å². The number of aliphatic hydroxyl groups excluding tert-OH is 4. The molecular formula is C23H29ClN2O10. The molecular weight excluding hydrogens is 500 g/mol. The van der Waals surface area contributed by atoms with Crippen molar-refractivity contribution >= 4 is 35.6 Å². The van der Waals surface area contributed by atoms with Crippen LogP contribution in [0.5, 0.6) is 5.75 Å². The van der Waals surface area contributed by atoms with E-state index >= 15 is 0 Å². The fraction of sp³-hybridized carbons (Fsp3) is 0.435. The first kappa shape index (κ1) is 29.2. The van der Waals surface area contributed by atoms with Crippen molar-refractivity contribution in [3.63, 3.8) is 0 Å². The number of phenolic OH excluding ortho intramolecular Hbond substituents is 1. The van der Waals surface area contributed by atoms with Crippen molar-refractivity contribution in [2.45, 2.75) is 30.3 Å². The number of likely N-dealkylation sites (N-methyl/N-ethyl adjacent to an activating group) is 1. The number of phenols is 1. The second-order valence-corrected chi connectivity index (χ2v) is 9.06. The number of nitrogens with zero attached hydrogens (tertiary/aromatic N) is 1. The molecule has 0 unspecified atom stereocenters. The van der Waals surface area contributed by atoms with Gasteiger partial charge in [-0.1, -0.05) is 12.1 Å². The third kappa shape index (κ3) is 3.52. The van der Waals surface area contributed by atoms with Gasteiger partial charge in [-0.3, -0.25) is 19.3 Å². The van der Waals surface area contributed by atoms with Gasteiger partial charge in [0.2, 0.25) is 5.78 Å². The Morgan fingerprint density at radius 3 is 2.14 bits per heavy atom. The molecule has 0 aliphatic heterocycles. The molecule has 0 heterocycles. The van der Waals surface area contributed by atoms with Crippen molar-refractivity contribution in [1.82, 2.24) is 4.90 Å². The molecule has 1 amide bonds. The predicted octanol–water partition coefficient (Wildman–Crippen LogP) is -1.37. The first-order valence-corrected chi connectivity index (χ1v) is 10.5. The van der Waals surface area contributed by atoms with Crippen LogP contribution in [0.3, 0.4) is 0 Å². The highest BCUT2D eigenvalue weighted by molar-refractivity contribution is 6.24. The summed E-state index contributed by atoms with van der Waals surface area (Å²) in [6, 6.07) is 2.50. The summed E-state index contributed by atoms with van der Waals surface area (Å²) in [6.07, 6.45) is -1.87. The van der Waals surface area contributed by atoms with Gasteiger partial charge in [-0.2, -0.15) is 0 Å².